The Morgan fingerprint density at radius 1 is 1.30 bits per heavy atom. The second-order valence-electron chi connectivity index (χ2n) is 5.47. The second-order valence-corrected chi connectivity index (χ2v) is 5.47. The van der Waals surface area contributed by atoms with E-state index in [4.69, 9.17) is 10.00 Å². The summed E-state index contributed by atoms with van der Waals surface area (Å²) in [6, 6.07) is 8.67. The highest BCUT2D eigenvalue weighted by atomic mass is 16.6. The molecule has 0 aliphatic carbocycles. The van der Waals surface area contributed by atoms with Gasteiger partial charge in [-0.3, -0.25) is 9.69 Å². The van der Waals surface area contributed by atoms with E-state index in [-0.39, 0.29) is 12.5 Å². The van der Waals surface area contributed by atoms with Crippen molar-refractivity contribution in [2.75, 3.05) is 24.5 Å². The summed E-state index contributed by atoms with van der Waals surface area (Å²) in [5.41, 5.74) is 1.15. The minimum atomic E-state index is -0.767. The number of benzene rings is 1. The molecule has 1 fully saturated rings. The summed E-state index contributed by atoms with van der Waals surface area (Å²) in [5.74, 6) is -0.141. The monoisotopic (exact) mass is 315 g/mol. The van der Waals surface area contributed by atoms with Gasteiger partial charge in [0.15, 0.2) is 6.10 Å². The van der Waals surface area contributed by atoms with Gasteiger partial charge in [-0.15, -0.1) is 0 Å². The number of hydrogen-bond acceptors (Lipinski definition) is 4. The number of rotatable bonds is 6. The van der Waals surface area contributed by atoms with Crippen LogP contribution in [0, 0.1) is 11.3 Å². The molecule has 1 aromatic rings. The van der Waals surface area contributed by atoms with E-state index in [2.05, 4.69) is 0 Å². The molecule has 6 nitrogen and oxygen atoms in total. The van der Waals surface area contributed by atoms with E-state index in [0.717, 1.165) is 12.8 Å². The molecule has 0 saturated carbocycles. The van der Waals surface area contributed by atoms with Crippen molar-refractivity contribution in [3.05, 3.63) is 29.8 Å². The van der Waals surface area contributed by atoms with Crippen LogP contribution < -0.4 is 4.90 Å². The van der Waals surface area contributed by atoms with Gasteiger partial charge in [-0.2, -0.15) is 5.26 Å². The average Bonchev–Trinajstić information content (AvgIpc) is 2.96. The molecule has 0 spiro atoms. The fraction of sp³-hybridized carbons (Fsp3) is 0.471. The van der Waals surface area contributed by atoms with Crippen molar-refractivity contribution in [2.24, 2.45) is 0 Å². The van der Waals surface area contributed by atoms with E-state index >= 15 is 0 Å². The van der Waals surface area contributed by atoms with Crippen LogP contribution >= 0.6 is 0 Å². The first-order chi connectivity index (χ1) is 11.1. The van der Waals surface area contributed by atoms with Gasteiger partial charge in [-0.05, 0) is 37.1 Å². The van der Waals surface area contributed by atoms with E-state index in [9.17, 15) is 9.59 Å². The third-order valence-corrected chi connectivity index (χ3v) is 3.69. The Morgan fingerprint density at radius 2 is 1.91 bits per heavy atom. The average molecular weight is 315 g/mol. The van der Waals surface area contributed by atoms with Crippen LogP contribution in [0.5, 0.6) is 0 Å². The number of hydrogen-bond donors (Lipinski definition) is 0. The summed E-state index contributed by atoms with van der Waals surface area (Å²) in [6.07, 6.45) is 0.439. The Kier molecular flexibility index (Phi) is 5.58. The fourth-order valence-corrected chi connectivity index (χ4v) is 2.59. The van der Waals surface area contributed by atoms with Crippen LogP contribution in [-0.4, -0.2) is 42.6 Å². The number of nitriles is 1. The van der Waals surface area contributed by atoms with E-state index in [0.29, 0.717) is 24.3 Å². The Labute approximate surface area is 136 Å². The highest BCUT2D eigenvalue weighted by molar-refractivity contribution is 5.95. The molecule has 0 N–H and O–H groups in total. The fourth-order valence-electron chi connectivity index (χ4n) is 2.59. The first-order valence-corrected chi connectivity index (χ1v) is 7.87. The predicted molar refractivity (Wildman–Crippen MR) is 85.9 cm³/mol. The van der Waals surface area contributed by atoms with Crippen molar-refractivity contribution in [3.63, 3.8) is 0 Å². The highest BCUT2D eigenvalue weighted by Crippen LogP contribution is 2.23. The van der Waals surface area contributed by atoms with Gasteiger partial charge in [-0.1, -0.05) is 13.8 Å². The third-order valence-electron chi connectivity index (χ3n) is 3.69. The van der Waals surface area contributed by atoms with Gasteiger partial charge in [0.1, 0.15) is 0 Å². The first-order valence-electron chi connectivity index (χ1n) is 7.87. The quantitative estimate of drug-likeness (QED) is 0.808. The minimum Gasteiger partial charge on any atom is -0.434 e. The topological polar surface area (TPSA) is 73.6 Å². The normalized spacial score (nSPS) is 16.8. The van der Waals surface area contributed by atoms with Crippen LogP contribution in [0.25, 0.3) is 0 Å². The predicted octanol–water partition coefficient (Wildman–Crippen LogP) is 2.53. The largest absolute Gasteiger partial charge is 0.434 e. The van der Waals surface area contributed by atoms with Crippen molar-refractivity contribution in [1.82, 2.24) is 4.90 Å². The molecular formula is C17H21N3O3. The zero-order chi connectivity index (χ0) is 16.8. The maximum atomic E-state index is 12.5. The molecule has 1 aromatic carbocycles. The Morgan fingerprint density at radius 3 is 2.43 bits per heavy atom. The lowest BCUT2D eigenvalue weighted by molar-refractivity contribution is -0.138. The molecular weight excluding hydrogens is 294 g/mol. The van der Waals surface area contributed by atoms with Crippen molar-refractivity contribution >= 4 is 17.7 Å². The molecule has 0 aromatic heterocycles. The lowest BCUT2D eigenvalue weighted by Gasteiger charge is -2.23. The number of carbonyl (C=O) groups excluding carboxylic acids is 2. The molecule has 1 saturated heterocycles. The number of amides is 2. The van der Waals surface area contributed by atoms with Crippen molar-refractivity contribution in [2.45, 2.75) is 32.8 Å². The number of carbonyl (C=O) groups is 2. The van der Waals surface area contributed by atoms with Gasteiger partial charge in [0.2, 0.25) is 0 Å². The summed E-state index contributed by atoms with van der Waals surface area (Å²) in [7, 11) is 0. The molecule has 122 valence electrons. The molecule has 1 atom stereocenters. The van der Waals surface area contributed by atoms with Gasteiger partial charge < -0.3 is 9.64 Å². The maximum Gasteiger partial charge on any atom is 0.415 e. The number of cyclic esters (lactones) is 1. The molecule has 2 amide bonds. The molecule has 0 radical (unpaired) electrons. The van der Waals surface area contributed by atoms with Crippen LogP contribution in [0.1, 0.15) is 32.3 Å². The maximum absolute atomic E-state index is 12.5. The highest BCUT2D eigenvalue weighted by Gasteiger charge is 2.38. The summed E-state index contributed by atoms with van der Waals surface area (Å²) in [6.45, 7) is 5.56. The van der Waals surface area contributed by atoms with Crippen LogP contribution in [0.3, 0.4) is 0 Å². The Bertz CT molecular complexity index is 601. The standard InChI is InChI=1S/C17H21N3O3/c1-3-9-19(10-4-2)16(21)15-12-20(17(22)23-15)14-7-5-13(11-18)6-8-14/h5-8,15H,3-4,9-10,12H2,1-2H3. The van der Waals surface area contributed by atoms with Gasteiger partial charge in [0.05, 0.1) is 18.2 Å². The molecule has 23 heavy (non-hydrogen) atoms. The van der Waals surface area contributed by atoms with Crippen LogP contribution in [0.15, 0.2) is 24.3 Å². The summed E-state index contributed by atoms with van der Waals surface area (Å²) in [5, 5.41) is 8.82. The van der Waals surface area contributed by atoms with Crippen LogP contribution in [0.4, 0.5) is 10.5 Å². The van der Waals surface area contributed by atoms with Crippen LogP contribution in [-0.2, 0) is 9.53 Å². The van der Waals surface area contributed by atoms with Crippen LogP contribution in [0.2, 0.25) is 0 Å². The first kappa shape index (κ1) is 16.8. The molecule has 0 bridgehead atoms. The molecule has 1 aliphatic rings. The summed E-state index contributed by atoms with van der Waals surface area (Å²) < 4.78 is 5.25. The van der Waals surface area contributed by atoms with E-state index in [1.807, 2.05) is 19.9 Å². The van der Waals surface area contributed by atoms with Gasteiger partial charge in [0.25, 0.3) is 5.91 Å². The lowest BCUT2D eigenvalue weighted by Crippen LogP contribution is -2.42. The molecule has 6 heteroatoms. The number of ether oxygens (including phenoxy) is 1. The number of anilines is 1. The second kappa shape index (κ2) is 7.63. The molecule has 1 heterocycles. The SMILES string of the molecule is CCCN(CCC)C(=O)C1CN(c2ccc(C#N)cc2)C(=O)O1. The van der Waals surface area contributed by atoms with E-state index in [1.165, 1.54) is 4.90 Å². The summed E-state index contributed by atoms with van der Waals surface area (Å²) in [4.78, 5) is 27.8. The summed E-state index contributed by atoms with van der Waals surface area (Å²) >= 11 is 0. The Balaban J connectivity index is 2.09. The smallest absolute Gasteiger partial charge is 0.415 e. The zero-order valence-electron chi connectivity index (χ0n) is 13.5. The zero-order valence-corrected chi connectivity index (χ0v) is 13.5. The van der Waals surface area contributed by atoms with Gasteiger partial charge >= 0.3 is 6.09 Å². The van der Waals surface area contributed by atoms with Crippen molar-refractivity contribution in [1.29, 1.82) is 5.26 Å². The Hall–Kier alpha value is -2.55. The molecule has 1 unspecified atom stereocenters. The molecule has 1 aliphatic heterocycles. The van der Waals surface area contributed by atoms with E-state index < -0.39 is 12.2 Å². The third kappa shape index (κ3) is 3.81. The number of nitrogens with zero attached hydrogens (tertiary/aromatic N) is 3. The van der Waals surface area contributed by atoms with Crippen molar-refractivity contribution < 1.29 is 14.3 Å². The molecule has 2 rings (SSSR count). The minimum absolute atomic E-state index is 0.141. The van der Waals surface area contributed by atoms with E-state index in [1.54, 1.807) is 29.2 Å². The lowest BCUT2D eigenvalue weighted by atomic mass is 10.2. The van der Waals surface area contributed by atoms with Crippen molar-refractivity contribution in [3.8, 4) is 6.07 Å². The van der Waals surface area contributed by atoms with Gasteiger partial charge in [0, 0.05) is 18.8 Å². The van der Waals surface area contributed by atoms with Gasteiger partial charge in [-0.25, -0.2) is 4.79 Å².